The number of aromatic nitrogens is 1. The summed E-state index contributed by atoms with van der Waals surface area (Å²) in [6.45, 7) is 0. The van der Waals surface area contributed by atoms with E-state index in [9.17, 15) is 4.79 Å². The maximum atomic E-state index is 11.3. The van der Waals surface area contributed by atoms with Crippen molar-refractivity contribution in [3.05, 3.63) is 52.1 Å². The van der Waals surface area contributed by atoms with Gasteiger partial charge in [0.05, 0.1) is 9.48 Å². The SMILES string of the molecule is O=Cc1c(-c2ccc(Br)s2)cc2ccccn12. The van der Waals surface area contributed by atoms with Crippen LogP contribution in [0.3, 0.4) is 0 Å². The van der Waals surface area contributed by atoms with E-state index in [0.29, 0.717) is 5.69 Å². The topological polar surface area (TPSA) is 21.5 Å². The van der Waals surface area contributed by atoms with Crippen molar-refractivity contribution in [1.82, 2.24) is 4.40 Å². The van der Waals surface area contributed by atoms with Crippen LogP contribution >= 0.6 is 27.3 Å². The van der Waals surface area contributed by atoms with E-state index < -0.39 is 0 Å². The smallest absolute Gasteiger partial charge is 0.167 e. The third-order valence-corrected chi connectivity index (χ3v) is 4.33. The van der Waals surface area contributed by atoms with Crippen molar-refractivity contribution in [2.45, 2.75) is 0 Å². The van der Waals surface area contributed by atoms with Gasteiger partial charge < -0.3 is 4.40 Å². The Kier molecular flexibility index (Phi) is 2.61. The van der Waals surface area contributed by atoms with E-state index in [0.717, 1.165) is 26.0 Å². The van der Waals surface area contributed by atoms with E-state index in [1.807, 2.05) is 47.0 Å². The average Bonchev–Trinajstić information content (AvgIpc) is 2.91. The number of pyridine rings is 1. The number of fused-ring (bicyclic) bond motifs is 1. The zero-order valence-corrected chi connectivity index (χ0v) is 11.2. The van der Waals surface area contributed by atoms with Gasteiger partial charge in [0.15, 0.2) is 6.29 Å². The number of thiophene rings is 1. The fraction of sp³-hybridized carbons (Fsp3) is 0. The standard InChI is InChI=1S/C13H8BrNOS/c14-13-5-4-12(17-13)10-7-9-3-1-2-6-15(9)11(10)8-16/h1-8H. The molecule has 0 aliphatic rings. The molecule has 3 aromatic heterocycles. The second kappa shape index (κ2) is 4.13. The molecule has 17 heavy (non-hydrogen) atoms. The zero-order valence-electron chi connectivity index (χ0n) is 8.76. The molecule has 0 fully saturated rings. The number of hydrogen-bond acceptors (Lipinski definition) is 2. The van der Waals surface area contributed by atoms with Crippen molar-refractivity contribution < 1.29 is 4.79 Å². The minimum Gasteiger partial charge on any atom is -0.314 e. The molecule has 3 aromatic rings. The normalized spacial score (nSPS) is 10.9. The number of aldehydes is 1. The first-order chi connectivity index (χ1) is 8.29. The molecule has 0 saturated heterocycles. The second-order valence-electron chi connectivity index (χ2n) is 3.66. The summed E-state index contributed by atoms with van der Waals surface area (Å²) in [5.41, 5.74) is 2.73. The Morgan fingerprint density at radius 1 is 1.24 bits per heavy atom. The van der Waals surface area contributed by atoms with Gasteiger partial charge in [-0.1, -0.05) is 6.07 Å². The van der Waals surface area contributed by atoms with Crippen LogP contribution in [0.2, 0.25) is 0 Å². The van der Waals surface area contributed by atoms with Gasteiger partial charge in [0.25, 0.3) is 0 Å². The van der Waals surface area contributed by atoms with Crippen molar-refractivity contribution in [2.75, 3.05) is 0 Å². The van der Waals surface area contributed by atoms with Crippen LogP contribution in [0.25, 0.3) is 16.0 Å². The second-order valence-corrected chi connectivity index (χ2v) is 6.12. The van der Waals surface area contributed by atoms with Crippen LogP contribution in [-0.2, 0) is 0 Å². The molecule has 4 heteroatoms. The number of rotatable bonds is 2. The van der Waals surface area contributed by atoms with E-state index in [4.69, 9.17) is 0 Å². The molecule has 0 aromatic carbocycles. The number of halogens is 1. The quantitative estimate of drug-likeness (QED) is 0.649. The predicted molar refractivity (Wildman–Crippen MR) is 73.8 cm³/mol. The lowest BCUT2D eigenvalue weighted by atomic mass is 10.2. The molecular formula is C13H8BrNOS. The summed E-state index contributed by atoms with van der Waals surface area (Å²) in [7, 11) is 0. The molecule has 0 bridgehead atoms. The Bertz CT molecular complexity index is 698. The fourth-order valence-electron chi connectivity index (χ4n) is 1.92. The maximum Gasteiger partial charge on any atom is 0.167 e. The van der Waals surface area contributed by atoms with Gasteiger partial charge in [0.2, 0.25) is 0 Å². The van der Waals surface area contributed by atoms with E-state index in [1.165, 1.54) is 0 Å². The first kappa shape index (κ1) is 10.7. The minimum absolute atomic E-state index is 0.704. The van der Waals surface area contributed by atoms with Crippen molar-refractivity contribution in [2.24, 2.45) is 0 Å². The van der Waals surface area contributed by atoms with Gasteiger partial charge in [-0.15, -0.1) is 11.3 Å². The lowest BCUT2D eigenvalue weighted by molar-refractivity contribution is 0.111. The van der Waals surface area contributed by atoms with Gasteiger partial charge in [0.1, 0.15) is 0 Å². The van der Waals surface area contributed by atoms with E-state index in [-0.39, 0.29) is 0 Å². The molecule has 0 radical (unpaired) electrons. The molecule has 0 aliphatic heterocycles. The highest BCUT2D eigenvalue weighted by Gasteiger charge is 2.12. The van der Waals surface area contributed by atoms with E-state index >= 15 is 0 Å². The summed E-state index contributed by atoms with van der Waals surface area (Å²) in [4.78, 5) is 12.4. The van der Waals surface area contributed by atoms with Crippen molar-refractivity contribution >= 4 is 39.1 Å². The first-order valence-electron chi connectivity index (χ1n) is 5.10. The van der Waals surface area contributed by atoms with Crippen molar-refractivity contribution in [3.8, 4) is 10.4 Å². The highest BCUT2D eigenvalue weighted by Crippen LogP contribution is 2.34. The van der Waals surface area contributed by atoms with Gasteiger partial charge in [-0.2, -0.15) is 0 Å². The zero-order chi connectivity index (χ0) is 11.8. The van der Waals surface area contributed by atoms with E-state index in [1.54, 1.807) is 11.3 Å². The third kappa shape index (κ3) is 1.73. The van der Waals surface area contributed by atoms with Gasteiger partial charge in [-0.25, -0.2) is 0 Å². The van der Waals surface area contributed by atoms with Crippen LogP contribution in [0.15, 0.2) is 46.4 Å². The Balaban J connectivity index is 2.32. The van der Waals surface area contributed by atoms with Crippen LogP contribution in [-0.4, -0.2) is 10.7 Å². The number of nitrogens with zero attached hydrogens (tertiary/aromatic N) is 1. The third-order valence-electron chi connectivity index (χ3n) is 2.67. The lowest BCUT2D eigenvalue weighted by Gasteiger charge is -1.96. The number of carbonyl (C=O) groups excluding carboxylic acids is 1. The van der Waals surface area contributed by atoms with Crippen molar-refractivity contribution in [3.63, 3.8) is 0 Å². The lowest BCUT2D eigenvalue weighted by Crippen LogP contribution is -1.90. The molecule has 3 heterocycles. The molecule has 0 saturated carbocycles. The van der Waals surface area contributed by atoms with Crippen LogP contribution in [0.5, 0.6) is 0 Å². The van der Waals surface area contributed by atoms with Gasteiger partial charge in [-0.05, 0) is 46.3 Å². The molecule has 0 spiro atoms. The average molecular weight is 306 g/mol. The molecule has 0 N–H and O–H groups in total. The first-order valence-corrected chi connectivity index (χ1v) is 6.71. The van der Waals surface area contributed by atoms with E-state index in [2.05, 4.69) is 15.9 Å². The molecule has 0 atom stereocenters. The molecule has 2 nitrogen and oxygen atoms in total. The largest absolute Gasteiger partial charge is 0.314 e. The minimum atomic E-state index is 0.704. The van der Waals surface area contributed by atoms with Crippen LogP contribution < -0.4 is 0 Å². The number of hydrogen-bond donors (Lipinski definition) is 0. The van der Waals surface area contributed by atoms with Crippen LogP contribution in [0, 0.1) is 0 Å². The Hall–Kier alpha value is -1.39. The molecule has 84 valence electrons. The summed E-state index contributed by atoms with van der Waals surface area (Å²) in [5, 5.41) is 0. The molecule has 0 amide bonds. The molecule has 0 aliphatic carbocycles. The maximum absolute atomic E-state index is 11.3. The summed E-state index contributed by atoms with van der Waals surface area (Å²) >= 11 is 5.07. The molecule has 3 rings (SSSR count). The Labute approximate surface area is 111 Å². The summed E-state index contributed by atoms with van der Waals surface area (Å²) < 4.78 is 2.98. The fourth-order valence-corrected chi connectivity index (χ4v) is 3.33. The Morgan fingerprint density at radius 3 is 2.82 bits per heavy atom. The van der Waals surface area contributed by atoms with Gasteiger partial charge >= 0.3 is 0 Å². The highest BCUT2D eigenvalue weighted by atomic mass is 79.9. The predicted octanol–water partition coefficient (Wildman–Crippen LogP) is 4.24. The summed E-state index contributed by atoms with van der Waals surface area (Å²) in [5.74, 6) is 0. The van der Waals surface area contributed by atoms with Crippen LogP contribution in [0.1, 0.15) is 10.5 Å². The number of carbonyl (C=O) groups is 1. The monoisotopic (exact) mass is 305 g/mol. The van der Waals surface area contributed by atoms with Crippen molar-refractivity contribution in [1.29, 1.82) is 0 Å². The Morgan fingerprint density at radius 2 is 2.12 bits per heavy atom. The highest BCUT2D eigenvalue weighted by molar-refractivity contribution is 9.11. The van der Waals surface area contributed by atoms with Crippen LogP contribution in [0.4, 0.5) is 0 Å². The summed E-state index contributed by atoms with van der Waals surface area (Å²) in [6, 6.07) is 12.0. The molecular weight excluding hydrogens is 298 g/mol. The van der Waals surface area contributed by atoms with Gasteiger partial charge in [0, 0.05) is 22.2 Å². The summed E-state index contributed by atoms with van der Waals surface area (Å²) in [6.07, 6.45) is 2.82. The molecule has 0 unspecified atom stereocenters. The van der Waals surface area contributed by atoms with Gasteiger partial charge in [-0.3, -0.25) is 4.79 Å².